The molecule has 4 rings (SSSR count). The van der Waals surface area contributed by atoms with Gasteiger partial charge in [0, 0.05) is 11.3 Å². The fraction of sp³-hybridized carbons (Fsp3) is 0.318. The molecule has 0 aliphatic rings. The van der Waals surface area contributed by atoms with Crippen molar-refractivity contribution in [2.75, 3.05) is 5.75 Å². The maximum absolute atomic E-state index is 5.67. The number of hydrogen-bond donors (Lipinski definition) is 0. The molecule has 0 N–H and O–H groups in total. The molecule has 0 spiro atoms. The predicted octanol–water partition coefficient (Wildman–Crippen LogP) is 4.57. The Hall–Kier alpha value is -3.20. The normalized spacial score (nSPS) is 11.0. The molecule has 8 nitrogen and oxygen atoms in total. The summed E-state index contributed by atoms with van der Waals surface area (Å²) < 4.78 is 11.3. The SMILES string of the molecule is Cc1ccc(OCc2nnc(SCCCCCn3nnc(-c4ccccc4)n3)o2)cc1. The third kappa shape index (κ3) is 6.39. The topological polar surface area (TPSA) is 91.8 Å². The molecule has 9 heteroatoms. The third-order valence-electron chi connectivity index (χ3n) is 4.54. The van der Waals surface area contributed by atoms with Crippen LogP contribution in [0.15, 0.2) is 64.2 Å². The van der Waals surface area contributed by atoms with Crippen LogP contribution in [0.1, 0.15) is 30.7 Å². The Kier molecular flexibility index (Phi) is 7.28. The largest absolute Gasteiger partial charge is 0.484 e. The molecular weight excluding hydrogens is 412 g/mol. The summed E-state index contributed by atoms with van der Waals surface area (Å²) in [4.78, 5) is 1.66. The lowest BCUT2D eigenvalue weighted by Gasteiger charge is -2.02. The fourth-order valence-corrected chi connectivity index (χ4v) is 3.64. The summed E-state index contributed by atoms with van der Waals surface area (Å²) in [6.07, 6.45) is 3.10. The van der Waals surface area contributed by atoms with Crippen molar-refractivity contribution in [3.8, 4) is 17.1 Å². The van der Waals surface area contributed by atoms with E-state index in [0.29, 0.717) is 16.9 Å². The van der Waals surface area contributed by atoms with Gasteiger partial charge in [0.05, 0.1) is 6.54 Å². The fourth-order valence-electron chi connectivity index (χ4n) is 2.87. The van der Waals surface area contributed by atoms with Crippen LogP contribution in [-0.4, -0.2) is 36.2 Å². The van der Waals surface area contributed by atoms with Crippen LogP contribution in [0, 0.1) is 6.92 Å². The van der Waals surface area contributed by atoms with Crippen LogP contribution >= 0.6 is 11.8 Å². The molecule has 0 bridgehead atoms. The molecule has 31 heavy (non-hydrogen) atoms. The standard InChI is InChI=1S/C22H24N6O2S/c1-17-10-12-19(13-11-17)29-16-20-23-25-22(30-20)31-15-7-3-6-14-28-26-21(24-27-28)18-8-4-2-5-9-18/h2,4-5,8-13H,3,6-7,14-16H2,1H3. The summed E-state index contributed by atoms with van der Waals surface area (Å²) in [6.45, 7) is 3.07. The van der Waals surface area contributed by atoms with Gasteiger partial charge in [-0.2, -0.15) is 4.80 Å². The highest BCUT2D eigenvalue weighted by atomic mass is 32.2. The summed E-state index contributed by atoms with van der Waals surface area (Å²) in [5.41, 5.74) is 2.17. The predicted molar refractivity (Wildman–Crippen MR) is 118 cm³/mol. The second-order valence-corrected chi connectivity index (χ2v) is 8.09. The van der Waals surface area contributed by atoms with E-state index in [1.807, 2.05) is 61.5 Å². The first-order chi connectivity index (χ1) is 15.3. The van der Waals surface area contributed by atoms with Gasteiger partial charge in [-0.3, -0.25) is 0 Å². The first-order valence-corrected chi connectivity index (χ1v) is 11.2. The number of nitrogens with zero attached hydrogens (tertiary/aromatic N) is 6. The summed E-state index contributed by atoms with van der Waals surface area (Å²) in [6, 6.07) is 17.7. The molecule has 160 valence electrons. The summed E-state index contributed by atoms with van der Waals surface area (Å²) in [5, 5.41) is 21.4. The number of aryl methyl sites for hydroxylation is 2. The first-order valence-electron chi connectivity index (χ1n) is 10.2. The second-order valence-electron chi connectivity index (χ2n) is 7.05. The van der Waals surface area contributed by atoms with Gasteiger partial charge in [0.2, 0.25) is 5.82 Å². The van der Waals surface area contributed by atoms with Gasteiger partial charge < -0.3 is 9.15 Å². The van der Waals surface area contributed by atoms with Gasteiger partial charge in [0.1, 0.15) is 5.75 Å². The number of unbranched alkanes of at least 4 members (excludes halogenated alkanes) is 2. The molecule has 4 aromatic rings. The lowest BCUT2D eigenvalue weighted by atomic mass is 10.2. The van der Waals surface area contributed by atoms with E-state index in [1.165, 1.54) is 5.56 Å². The van der Waals surface area contributed by atoms with E-state index in [2.05, 4.69) is 25.6 Å². The van der Waals surface area contributed by atoms with Gasteiger partial charge >= 0.3 is 0 Å². The molecule has 0 amide bonds. The van der Waals surface area contributed by atoms with Crippen LogP contribution in [0.4, 0.5) is 0 Å². The van der Waals surface area contributed by atoms with Gasteiger partial charge in [-0.15, -0.1) is 20.4 Å². The first kappa shape index (κ1) is 21.0. The van der Waals surface area contributed by atoms with Crippen molar-refractivity contribution in [1.29, 1.82) is 0 Å². The van der Waals surface area contributed by atoms with Crippen molar-refractivity contribution in [3.05, 3.63) is 66.1 Å². The third-order valence-corrected chi connectivity index (χ3v) is 5.45. The Balaban J connectivity index is 1.11. The van der Waals surface area contributed by atoms with E-state index in [-0.39, 0.29) is 6.61 Å². The monoisotopic (exact) mass is 436 g/mol. The Morgan fingerprint density at radius 2 is 1.77 bits per heavy atom. The Labute approximate surface area is 185 Å². The van der Waals surface area contributed by atoms with Crippen LogP contribution in [0.3, 0.4) is 0 Å². The number of ether oxygens (including phenoxy) is 1. The average Bonchev–Trinajstić information content (AvgIpc) is 3.46. The molecule has 0 radical (unpaired) electrons. The Morgan fingerprint density at radius 1 is 0.935 bits per heavy atom. The molecule has 0 saturated heterocycles. The van der Waals surface area contributed by atoms with Gasteiger partial charge in [-0.05, 0) is 37.1 Å². The number of tetrazole rings is 1. The zero-order valence-electron chi connectivity index (χ0n) is 17.3. The average molecular weight is 437 g/mol. The van der Waals surface area contributed by atoms with E-state index in [0.717, 1.165) is 42.9 Å². The minimum absolute atomic E-state index is 0.270. The van der Waals surface area contributed by atoms with Crippen molar-refractivity contribution in [2.45, 2.75) is 44.6 Å². The molecule has 2 heterocycles. The Morgan fingerprint density at radius 3 is 2.61 bits per heavy atom. The zero-order valence-corrected chi connectivity index (χ0v) is 18.2. The van der Waals surface area contributed by atoms with Crippen LogP contribution < -0.4 is 4.74 Å². The van der Waals surface area contributed by atoms with Crippen LogP contribution in [-0.2, 0) is 13.2 Å². The summed E-state index contributed by atoms with van der Waals surface area (Å²) in [7, 11) is 0. The second kappa shape index (κ2) is 10.7. The molecule has 0 atom stereocenters. The lowest BCUT2D eigenvalue weighted by molar-refractivity contribution is 0.252. The van der Waals surface area contributed by atoms with Crippen molar-refractivity contribution >= 4 is 11.8 Å². The van der Waals surface area contributed by atoms with E-state index in [9.17, 15) is 0 Å². The van der Waals surface area contributed by atoms with Gasteiger partial charge in [0.25, 0.3) is 11.1 Å². The highest BCUT2D eigenvalue weighted by Crippen LogP contribution is 2.20. The molecule has 0 saturated carbocycles. The van der Waals surface area contributed by atoms with Crippen molar-refractivity contribution in [2.24, 2.45) is 0 Å². The van der Waals surface area contributed by atoms with Gasteiger partial charge in [0.15, 0.2) is 6.61 Å². The van der Waals surface area contributed by atoms with E-state index < -0.39 is 0 Å². The van der Waals surface area contributed by atoms with Crippen molar-refractivity contribution < 1.29 is 9.15 Å². The number of thioether (sulfide) groups is 1. The Bertz CT molecular complexity index is 1070. The van der Waals surface area contributed by atoms with E-state index >= 15 is 0 Å². The number of aromatic nitrogens is 6. The maximum atomic E-state index is 5.67. The van der Waals surface area contributed by atoms with E-state index in [4.69, 9.17) is 9.15 Å². The molecule has 0 fully saturated rings. The molecule has 2 aromatic carbocycles. The number of benzene rings is 2. The zero-order chi connectivity index (χ0) is 21.3. The van der Waals surface area contributed by atoms with Gasteiger partial charge in [-0.1, -0.05) is 66.2 Å². The molecule has 0 aliphatic carbocycles. The number of rotatable bonds is 11. The van der Waals surface area contributed by atoms with Crippen molar-refractivity contribution in [3.63, 3.8) is 0 Å². The van der Waals surface area contributed by atoms with Crippen LogP contribution in [0.25, 0.3) is 11.4 Å². The molecule has 0 unspecified atom stereocenters. The highest BCUT2D eigenvalue weighted by Gasteiger charge is 2.08. The van der Waals surface area contributed by atoms with Crippen molar-refractivity contribution in [1.82, 2.24) is 30.4 Å². The summed E-state index contributed by atoms with van der Waals surface area (Å²) >= 11 is 1.57. The van der Waals surface area contributed by atoms with E-state index in [1.54, 1.807) is 16.6 Å². The molecular formula is C22H24N6O2S. The smallest absolute Gasteiger partial charge is 0.276 e. The van der Waals surface area contributed by atoms with Crippen LogP contribution in [0.5, 0.6) is 5.75 Å². The molecule has 2 aromatic heterocycles. The number of hydrogen-bond acceptors (Lipinski definition) is 8. The van der Waals surface area contributed by atoms with Crippen LogP contribution in [0.2, 0.25) is 0 Å². The van der Waals surface area contributed by atoms with Gasteiger partial charge in [-0.25, -0.2) is 0 Å². The lowest BCUT2D eigenvalue weighted by Crippen LogP contribution is -2.02. The summed E-state index contributed by atoms with van der Waals surface area (Å²) in [5.74, 6) is 2.85. The maximum Gasteiger partial charge on any atom is 0.276 e. The highest BCUT2D eigenvalue weighted by molar-refractivity contribution is 7.99. The minimum Gasteiger partial charge on any atom is -0.484 e. The minimum atomic E-state index is 0.270. The molecule has 0 aliphatic heterocycles. The quantitative estimate of drug-likeness (QED) is 0.249.